The van der Waals surface area contributed by atoms with E-state index >= 15 is 0 Å². The fourth-order valence-corrected chi connectivity index (χ4v) is 8.12. The van der Waals surface area contributed by atoms with Gasteiger partial charge in [-0.3, -0.25) is 0 Å². The minimum absolute atomic E-state index is 0.0178. The Balaban J connectivity index is 1.13. The molecule has 5 aliphatic rings. The van der Waals surface area contributed by atoms with Gasteiger partial charge in [0, 0.05) is 49.0 Å². The highest BCUT2D eigenvalue weighted by molar-refractivity contribution is 6.34. The first kappa shape index (κ1) is 23.0. The molecule has 190 valence electrons. The van der Waals surface area contributed by atoms with E-state index < -0.39 is 5.60 Å². The maximum absolute atomic E-state index is 10.9. The molecule has 2 aromatic heterocycles. The number of fused-ring (bicyclic) bond motifs is 3. The Kier molecular flexibility index (Phi) is 4.92. The van der Waals surface area contributed by atoms with Gasteiger partial charge in [-0.1, -0.05) is 23.2 Å². The summed E-state index contributed by atoms with van der Waals surface area (Å²) in [5, 5.41) is 20.9. The van der Waals surface area contributed by atoms with Gasteiger partial charge in [-0.05, 0) is 51.2 Å². The van der Waals surface area contributed by atoms with Crippen LogP contribution >= 0.6 is 23.2 Å². The van der Waals surface area contributed by atoms with Crippen LogP contribution in [0.3, 0.4) is 0 Å². The highest BCUT2D eigenvalue weighted by atomic mass is 35.5. The lowest BCUT2D eigenvalue weighted by molar-refractivity contribution is -0.217. The number of aliphatic hydroxyl groups is 1. The van der Waals surface area contributed by atoms with E-state index in [9.17, 15) is 5.11 Å². The summed E-state index contributed by atoms with van der Waals surface area (Å²) in [4.78, 5) is 11.6. The van der Waals surface area contributed by atoms with Crippen molar-refractivity contribution in [3.8, 4) is 0 Å². The topological polar surface area (TPSA) is 88.3 Å². The Morgan fingerprint density at radius 2 is 1.86 bits per heavy atom. The molecule has 1 saturated heterocycles. The molecular formula is C26H30Cl2N6O2. The number of hydrogen-bond donors (Lipinski definition) is 2. The van der Waals surface area contributed by atoms with Gasteiger partial charge in [0.25, 0.3) is 0 Å². The zero-order valence-electron chi connectivity index (χ0n) is 20.5. The van der Waals surface area contributed by atoms with E-state index in [-0.39, 0.29) is 17.4 Å². The lowest BCUT2D eigenvalue weighted by Crippen LogP contribution is -2.69. The Morgan fingerprint density at radius 1 is 1.14 bits per heavy atom. The van der Waals surface area contributed by atoms with Crippen LogP contribution in [0.15, 0.2) is 24.5 Å². The van der Waals surface area contributed by atoms with Gasteiger partial charge in [0.15, 0.2) is 5.15 Å². The molecule has 1 aromatic carbocycles. The number of methoxy groups -OCH3 is 1. The van der Waals surface area contributed by atoms with Crippen LogP contribution in [0, 0.1) is 17.3 Å². The SMILES string of the molecule is COCC12CC(n3ncc(Nc4ncc5cc(Cl)c(N6C[C@H]7CC[C@@H](C6)[C@@]7(C)O)cc5n4)c3Cl)(C1)C2. The fraction of sp³-hybridized carbons (Fsp3) is 0.577. The van der Waals surface area contributed by atoms with Crippen molar-refractivity contribution < 1.29 is 9.84 Å². The number of aromatic nitrogens is 4. The van der Waals surface area contributed by atoms with Gasteiger partial charge in [0.1, 0.15) is 0 Å². The molecule has 36 heavy (non-hydrogen) atoms. The van der Waals surface area contributed by atoms with Crippen LogP contribution in [-0.4, -0.2) is 57.3 Å². The average molecular weight is 529 g/mol. The molecule has 0 amide bonds. The number of ether oxygens (including phenoxy) is 1. The molecule has 3 aromatic rings. The van der Waals surface area contributed by atoms with Gasteiger partial charge in [0.05, 0.1) is 45.9 Å². The van der Waals surface area contributed by atoms with Crippen LogP contribution in [0.25, 0.3) is 10.9 Å². The second-order valence-corrected chi connectivity index (χ2v) is 12.5. The summed E-state index contributed by atoms with van der Waals surface area (Å²) in [6.45, 7) is 4.38. The molecule has 0 spiro atoms. The number of anilines is 3. The van der Waals surface area contributed by atoms with Crippen LogP contribution < -0.4 is 10.2 Å². The van der Waals surface area contributed by atoms with E-state index in [2.05, 4.69) is 20.3 Å². The van der Waals surface area contributed by atoms with E-state index in [1.165, 1.54) is 0 Å². The van der Waals surface area contributed by atoms with Crippen molar-refractivity contribution in [2.45, 2.75) is 50.2 Å². The number of nitrogens with one attached hydrogen (secondary N) is 1. The zero-order valence-corrected chi connectivity index (χ0v) is 22.0. The molecule has 10 heteroatoms. The van der Waals surface area contributed by atoms with Crippen molar-refractivity contribution in [3.63, 3.8) is 0 Å². The second-order valence-electron chi connectivity index (χ2n) is 11.7. The predicted octanol–water partition coefficient (Wildman–Crippen LogP) is 5.00. The fourth-order valence-electron chi connectivity index (χ4n) is 7.51. The first-order chi connectivity index (χ1) is 17.2. The third-order valence-electron chi connectivity index (χ3n) is 9.36. The zero-order chi connectivity index (χ0) is 24.9. The summed E-state index contributed by atoms with van der Waals surface area (Å²) in [5.74, 6) is 0.983. The number of nitrogens with zero attached hydrogens (tertiary/aromatic N) is 5. The third kappa shape index (κ3) is 3.24. The van der Waals surface area contributed by atoms with Gasteiger partial charge in [-0.2, -0.15) is 5.10 Å². The Bertz CT molecular complexity index is 1340. The predicted molar refractivity (Wildman–Crippen MR) is 140 cm³/mol. The lowest BCUT2D eigenvalue weighted by Gasteiger charge is -2.70. The van der Waals surface area contributed by atoms with Gasteiger partial charge in [0.2, 0.25) is 5.95 Å². The van der Waals surface area contributed by atoms with Gasteiger partial charge in [-0.15, -0.1) is 0 Å². The second kappa shape index (κ2) is 7.69. The summed E-state index contributed by atoms with van der Waals surface area (Å²) >= 11 is 13.4. The summed E-state index contributed by atoms with van der Waals surface area (Å²) in [6.07, 6.45) is 8.80. The molecule has 0 unspecified atom stereocenters. The standard InChI is InChI=1S/C26H30Cl2N6O2/c1-24(35)16-3-4-17(24)10-33(9-16)21-6-19-15(5-18(21)27)7-29-23(31-19)32-20-8-30-34(22(20)28)26-11-25(12-26,13-26)14-36-2/h5-8,16-17,35H,3-4,9-14H2,1-2H3,(H,29,31,32)/t16-,17+,24+,25?,26?. The van der Waals surface area contributed by atoms with Crippen LogP contribution in [0.2, 0.25) is 10.2 Å². The first-order valence-electron chi connectivity index (χ1n) is 12.7. The van der Waals surface area contributed by atoms with Gasteiger partial charge in [-0.25, -0.2) is 14.6 Å². The van der Waals surface area contributed by atoms with Gasteiger partial charge >= 0.3 is 0 Å². The highest BCUT2D eigenvalue weighted by Crippen LogP contribution is 2.71. The Hall–Kier alpha value is -2.13. The molecule has 4 bridgehead atoms. The monoisotopic (exact) mass is 528 g/mol. The maximum Gasteiger partial charge on any atom is 0.227 e. The maximum atomic E-state index is 10.9. The molecule has 5 fully saturated rings. The smallest absolute Gasteiger partial charge is 0.227 e. The molecule has 1 aliphatic heterocycles. The van der Waals surface area contributed by atoms with E-state index in [0.29, 0.717) is 27.2 Å². The third-order valence-corrected chi connectivity index (χ3v) is 10.0. The van der Waals surface area contributed by atoms with E-state index in [0.717, 1.165) is 68.4 Å². The number of halogens is 2. The molecule has 8 rings (SSSR count). The number of benzene rings is 1. The van der Waals surface area contributed by atoms with E-state index in [1.807, 2.05) is 23.7 Å². The summed E-state index contributed by atoms with van der Waals surface area (Å²) in [7, 11) is 1.76. The molecule has 3 heterocycles. The van der Waals surface area contributed by atoms with Crippen LogP contribution in [-0.2, 0) is 10.3 Å². The largest absolute Gasteiger partial charge is 0.389 e. The highest BCUT2D eigenvalue weighted by Gasteiger charge is 2.69. The van der Waals surface area contributed by atoms with Crippen molar-refractivity contribution in [2.24, 2.45) is 17.3 Å². The molecule has 3 atom stereocenters. The number of piperidine rings is 1. The van der Waals surface area contributed by atoms with Crippen LogP contribution in [0.5, 0.6) is 0 Å². The normalized spacial score (nSPS) is 34.5. The molecule has 2 N–H and O–H groups in total. The molecular weight excluding hydrogens is 499 g/mol. The Labute approximate surface area is 219 Å². The summed E-state index contributed by atoms with van der Waals surface area (Å²) in [5.41, 5.74) is 2.20. The quantitative estimate of drug-likeness (QED) is 0.465. The molecule has 4 saturated carbocycles. The van der Waals surface area contributed by atoms with Crippen molar-refractivity contribution >= 4 is 51.4 Å². The number of hydrogen-bond acceptors (Lipinski definition) is 7. The molecule has 4 aliphatic carbocycles. The first-order valence-corrected chi connectivity index (χ1v) is 13.4. The average Bonchev–Trinajstić information content (AvgIpc) is 3.16. The van der Waals surface area contributed by atoms with E-state index in [4.69, 9.17) is 32.9 Å². The van der Waals surface area contributed by atoms with Crippen LogP contribution in [0.4, 0.5) is 17.3 Å². The minimum Gasteiger partial charge on any atom is -0.389 e. The van der Waals surface area contributed by atoms with Crippen molar-refractivity contribution in [2.75, 3.05) is 37.0 Å². The molecule has 8 nitrogen and oxygen atoms in total. The van der Waals surface area contributed by atoms with Crippen molar-refractivity contribution in [3.05, 3.63) is 34.7 Å². The number of rotatable bonds is 6. The van der Waals surface area contributed by atoms with Crippen molar-refractivity contribution in [1.82, 2.24) is 19.7 Å². The molecule has 0 radical (unpaired) electrons. The Morgan fingerprint density at radius 3 is 2.56 bits per heavy atom. The van der Waals surface area contributed by atoms with Crippen molar-refractivity contribution in [1.29, 1.82) is 0 Å². The lowest BCUT2D eigenvalue weighted by atomic mass is 9.39. The van der Waals surface area contributed by atoms with Gasteiger partial charge < -0.3 is 20.1 Å². The summed E-state index contributed by atoms with van der Waals surface area (Å²) < 4.78 is 7.33. The van der Waals surface area contributed by atoms with E-state index in [1.54, 1.807) is 19.5 Å². The summed E-state index contributed by atoms with van der Waals surface area (Å²) in [6, 6.07) is 3.96. The minimum atomic E-state index is -0.591. The van der Waals surface area contributed by atoms with Crippen LogP contribution in [0.1, 0.15) is 39.0 Å².